The van der Waals surface area contributed by atoms with Gasteiger partial charge in [0.25, 0.3) is 0 Å². The molecule has 0 aromatic carbocycles. The maximum Gasteiger partial charge on any atom is 0.326 e. The largest absolute Gasteiger partial charge is 0.480 e. The quantitative estimate of drug-likeness (QED) is 0.286. The van der Waals surface area contributed by atoms with E-state index in [-0.39, 0.29) is 6.42 Å². The van der Waals surface area contributed by atoms with Crippen molar-refractivity contribution in [3.8, 4) is 0 Å². The first-order chi connectivity index (χ1) is 14.7. The second kappa shape index (κ2) is 11.7. The van der Waals surface area contributed by atoms with Crippen molar-refractivity contribution in [3.05, 3.63) is 18.2 Å². The lowest BCUT2D eigenvalue weighted by molar-refractivity contribution is -0.149. The van der Waals surface area contributed by atoms with Crippen molar-refractivity contribution >= 4 is 35.5 Å². The summed E-state index contributed by atoms with van der Waals surface area (Å²) in [4.78, 5) is 57.6. The summed E-state index contributed by atoms with van der Waals surface area (Å²) in [6.45, 7) is 1.81. The number of carbonyl (C=O) groups is 4. The minimum atomic E-state index is -1.07. The first-order valence-electron chi connectivity index (χ1n) is 10.1. The molecular weight excluding hydrogens is 424 g/mol. The monoisotopic (exact) mass is 454 g/mol. The van der Waals surface area contributed by atoms with Crippen molar-refractivity contribution < 1.29 is 24.3 Å². The third kappa shape index (κ3) is 6.96. The van der Waals surface area contributed by atoms with Crippen LogP contribution in [0.1, 0.15) is 31.9 Å². The van der Waals surface area contributed by atoms with Gasteiger partial charge in [-0.2, -0.15) is 11.8 Å². The highest BCUT2D eigenvalue weighted by Crippen LogP contribution is 2.19. The molecule has 1 fully saturated rings. The molecule has 12 heteroatoms. The summed E-state index contributed by atoms with van der Waals surface area (Å²) in [6, 6.07) is -3.57. The van der Waals surface area contributed by atoms with Gasteiger partial charge in [-0.15, -0.1) is 0 Å². The lowest BCUT2D eigenvalue weighted by Gasteiger charge is -2.28. The Morgan fingerprint density at radius 3 is 2.71 bits per heavy atom. The highest BCUT2D eigenvalue weighted by atomic mass is 32.2. The summed E-state index contributed by atoms with van der Waals surface area (Å²) in [5, 5.41) is 14.6. The first-order valence-corrected chi connectivity index (χ1v) is 11.5. The molecule has 1 aliphatic rings. The van der Waals surface area contributed by atoms with E-state index in [9.17, 15) is 24.3 Å². The number of aliphatic carboxylic acids is 1. The molecule has 0 saturated carbocycles. The Bertz CT molecular complexity index is 774. The topological polar surface area (TPSA) is 171 Å². The van der Waals surface area contributed by atoms with Crippen LogP contribution < -0.4 is 16.4 Å². The van der Waals surface area contributed by atoms with E-state index >= 15 is 0 Å². The van der Waals surface area contributed by atoms with Gasteiger partial charge in [0.2, 0.25) is 17.7 Å². The number of imidazole rings is 1. The van der Waals surface area contributed by atoms with Crippen LogP contribution in [0.2, 0.25) is 0 Å². The molecule has 0 spiro atoms. The first kappa shape index (κ1) is 24.7. The minimum Gasteiger partial charge on any atom is -0.480 e. The summed E-state index contributed by atoms with van der Waals surface area (Å²) < 4.78 is 0. The number of carboxylic acid groups (broad SMARTS) is 1. The molecule has 11 nitrogen and oxygen atoms in total. The number of carboxylic acids is 1. The SMILES string of the molecule is CSCCC(N)C(=O)NC(C)C(=O)NC(Cc1cnc[nH]1)C(=O)N1CCCC1C(=O)O. The number of amides is 3. The number of rotatable bonds is 11. The Morgan fingerprint density at radius 1 is 1.35 bits per heavy atom. The number of H-pyrrole nitrogens is 1. The highest BCUT2D eigenvalue weighted by molar-refractivity contribution is 7.98. The number of carbonyl (C=O) groups excluding carboxylic acids is 3. The Labute approximate surface area is 184 Å². The van der Waals surface area contributed by atoms with Gasteiger partial charge >= 0.3 is 5.97 Å². The zero-order valence-corrected chi connectivity index (χ0v) is 18.5. The fraction of sp³-hybridized carbons (Fsp3) is 0.632. The van der Waals surface area contributed by atoms with Gasteiger partial charge in [0, 0.05) is 24.9 Å². The van der Waals surface area contributed by atoms with Gasteiger partial charge in [-0.05, 0) is 38.2 Å². The van der Waals surface area contributed by atoms with Crippen molar-refractivity contribution in [2.75, 3.05) is 18.6 Å². The fourth-order valence-electron chi connectivity index (χ4n) is 3.36. The Balaban J connectivity index is 2.06. The number of aromatic nitrogens is 2. The van der Waals surface area contributed by atoms with Gasteiger partial charge in [0.1, 0.15) is 18.1 Å². The molecule has 2 rings (SSSR count). The van der Waals surface area contributed by atoms with Crippen LogP contribution in [0.4, 0.5) is 0 Å². The molecule has 4 atom stereocenters. The van der Waals surface area contributed by atoms with E-state index in [4.69, 9.17) is 5.73 Å². The summed E-state index contributed by atoms with van der Waals surface area (Å²) >= 11 is 1.57. The van der Waals surface area contributed by atoms with Crippen LogP contribution in [0.3, 0.4) is 0 Å². The van der Waals surface area contributed by atoms with E-state index < -0.39 is 47.9 Å². The van der Waals surface area contributed by atoms with Crippen molar-refractivity contribution in [1.29, 1.82) is 0 Å². The van der Waals surface area contributed by atoms with E-state index in [1.807, 2.05) is 6.26 Å². The van der Waals surface area contributed by atoms with Crippen LogP contribution in [0.5, 0.6) is 0 Å². The molecular formula is C19H30N6O5S. The molecule has 1 aromatic rings. The molecule has 2 heterocycles. The lowest BCUT2D eigenvalue weighted by Crippen LogP contribution is -2.57. The summed E-state index contributed by atoms with van der Waals surface area (Å²) in [7, 11) is 0. The number of nitrogens with two attached hydrogens (primary N) is 1. The van der Waals surface area contributed by atoms with E-state index in [1.54, 1.807) is 11.8 Å². The Hall–Kier alpha value is -2.60. The van der Waals surface area contributed by atoms with Crippen LogP contribution in [0, 0.1) is 0 Å². The van der Waals surface area contributed by atoms with E-state index in [1.165, 1.54) is 24.3 Å². The number of aromatic amines is 1. The lowest BCUT2D eigenvalue weighted by atomic mass is 10.1. The summed E-state index contributed by atoms with van der Waals surface area (Å²) in [6.07, 6.45) is 6.43. The second-order valence-electron chi connectivity index (χ2n) is 7.49. The molecule has 172 valence electrons. The van der Waals surface area contributed by atoms with E-state index in [2.05, 4.69) is 20.6 Å². The predicted molar refractivity (Wildman–Crippen MR) is 115 cm³/mol. The van der Waals surface area contributed by atoms with Gasteiger partial charge in [-0.1, -0.05) is 0 Å². The van der Waals surface area contributed by atoms with Gasteiger partial charge in [0.15, 0.2) is 0 Å². The standard InChI is InChI=1S/C19H30N6O5S/c1-11(23-17(27)13(20)5-7-31-2)16(26)24-14(8-12-9-21-10-22-12)18(28)25-6-3-4-15(25)19(29)30/h9-11,13-15H,3-8,20H2,1-2H3,(H,21,22)(H,23,27)(H,24,26)(H,29,30). The molecule has 1 aliphatic heterocycles. The van der Waals surface area contributed by atoms with E-state index in [0.29, 0.717) is 31.5 Å². The average molecular weight is 455 g/mol. The fourth-order valence-corrected chi connectivity index (χ4v) is 3.85. The molecule has 31 heavy (non-hydrogen) atoms. The van der Waals surface area contributed by atoms with Crippen LogP contribution in [0.25, 0.3) is 0 Å². The summed E-state index contributed by atoms with van der Waals surface area (Å²) in [5.41, 5.74) is 6.44. The molecule has 1 saturated heterocycles. The zero-order chi connectivity index (χ0) is 23.0. The van der Waals surface area contributed by atoms with Gasteiger partial charge in [-0.3, -0.25) is 14.4 Å². The molecule has 3 amide bonds. The maximum absolute atomic E-state index is 13.1. The van der Waals surface area contributed by atoms with Crippen molar-refractivity contribution in [2.45, 2.75) is 56.8 Å². The number of nitrogens with zero attached hydrogens (tertiary/aromatic N) is 2. The Morgan fingerprint density at radius 2 is 2.10 bits per heavy atom. The van der Waals surface area contributed by atoms with Gasteiger partial charge < -0.3 is 31.4 Å². The maximum atomic E-state index is 13.1. The second-order valence-corrected chi connectivity index (χ2v) is 8.47. The number of hydrogen-bond donors (Lipinski definition) is 5. The normalized spacial score (nSPS) is 18.8. The van der Waals surface area contributed by atoms with Crippen molar-refractivity contribution in [1.82, 2.24) is 25.5 Å². The number of nitrogens with one attached hydrogen (secondary N) is 3. The molecule has 4 unspecified atom stereocenters. The average Bonchev–Trinajstić information content (AvgIpc) is 3.42. The molecule has 0 bridgehead atoms. The number of hydrogen-bond acceptors (Lipinski definition) is 7. The zero-order valence-electron chi connectivity index (χ0n) is 17.7. The van der Waals surface area contributed by atoms with Gasteiger partial charge in [-0.25, -0.2) is 9.78 Å². The minimum absolute atomic E-state index is 0.112. The molecule has 0 aliphatic carbocycles. The highest BCUT2D eigenvalue weighted by Gasteiger charge is 2.38. The van der Waals surface area contributed by atoms with Crippen LogP contribution in [0.15, 0.2) is 12.5 Å². The molecule has 6 N–H and O–H groups in total. The van der Waals surface area contributed by atoms with Crippen LogP contribution >= 0.6 is 11.8 Å². The number of likely N-dealkylation sites (tertiary alicyclic amines) is 1. The van der Waals surface area contributed by atoms with Crippen molar-refractivity contribution in [3.63, 3.8) is 0 Å². The Kier molecular flexibility index (Phi) is 9.31. The van der Waals surface area contributed by atoms with Crippen LogP contribution in [-0.4, -0.2) is 86.4 Å². The van der Waals surface area contributed by atoms with Gasteiger partial charge in [0.05, 0.1) is 12.4 Å². The van der Waals surface area contributed by atoms with Crippen LogP contribution in [-0.2, 0) is 25.6 Å². The van der Waals surface area contributed by atoms with Crippen molar-refractivity contribution in [2.24, 2.45) is 5.73 Å². The third-order valence-corrected chi connectivity index (χ3v) is 5.78. The molecule has 1 aromatic heterocycles. The third-order valence-electron chi connectivity index (χ3n) is 5.14. The summed E-state index contributed by atoms with van der Waals surface area (Å²) in [5.74, 6) is -1.84. The predicted octanol–water partition coefficient (Wildman–Crippen LogP) is -0.902. The molecule has 0 radical (unpaired) electrons. The number of thioether (sulfide) groups is 1. The smallest absolute Gasteiger partial charge is 0.326 e. The van der Waals surface area contributed by atoms with E-state index in [0.717, 1.165) is 5.75 Å².